The van der Waals surface area contributed by atoms with Crippen LogP contribution >= 0.6 is 11.6 Å². The Hall–Kier alpha value is -2.28. The Bertz CT molecular complexity index is 999. The lowest BCUT2D eigenvalue weighted by Crippen LogP contribution is -2.49. The van der Waals surface area contributed by atoms with Crippen LogP contribution in [0.25, 0.3) is 0 Å². The van der Waals surface area contributed by atoms with Crippen molar-refractivity contribution in [2.45, 2.75) is 49.7 Å². The van der Waals surface area contributed by atoms with Crippen LogP contribution in [-0.4, -0.2) is 65.9 Å². The largest absolute Gasteiger partial charge is 0.445 e. The number of likely N-dealkylation sites (tertiary alicyclic amines) is 2. The number of fused-ring (bicyclic) bond motifs is 2. The molecule has 0 radical (unpaired) electrons. The Kier molecular flexibility index (Phi) is 6.74. The molecule has 2 saturated heterocycles. The van der Waals surface area contributed by atoms with Crippen molar-refractivity contribution in [3.05, 3.63) is 64.7 Å². The molecule has 3 heterocycles. The molecular weight excluding hydrogens is 450 g/mol. The quantitative estimate of drug-likeness (QED) is 0.648. The average Bonchev–Trinajstić information content (AvgIpc) is 3.20. The molecule has 2 fully saturated rings. The minimum absolute atomic E-state index is 0.207. The standard InChI is InChI=1S/C27H34ClN3O3/c28-22-6-7-23-24(18-22)29-20-26(23)8-13-30(14-9-26)15-10-27(33)11-16-31(17-12-27)25(32)34-19-21-4-2-1-3-5-21/h1-7,18,29,33H,8-17,19-20H2. The highest BCUT2D eigenvalue weighted by Gasteiger charge is 2.42. The minimum atomic E-state index is -0.705. The second-order valence-electron chi connectivity index (χ2n) is 10.2. The van der Waals surface area contributed by atoms with E-state index in [0.29, 0.717) is 25.9 Å². The number of anilines is 1. The summed E-state index contributed by atoms with van der Waals surface area (Å²) in [6.45, 7) is 5.32. The van der Waals surface area contributed by atoms with Crippen molar-refractivity contribution in [1.82, 2.24) is 9.80 Å². The summed E-state index contributed by atoms with van der Waals surface area (Å²) in [6.07, 6.45) is 3.89. The third-order valence-electron chi connectivity index (χ3n) is 8.03. The zero-order valence-electron chi connectivity index (χ0n) is 19.6. The Labute approximate surface area is 206 Å². The molecule has 0 unspecified atom stereocenters. The van der Waals surface area contributed by atoms with Gasteiger partial charge >= 0.3 is 6.09 Å². The SMILES string of the molecule is O=C(OCc1ccccc1)N1CCC(O)(CCN2CCC3(CC2)CNc2cc(Cl)ccc23)CC1. The molecule has 2 N–H and O–H groups in total. The number of carbonyl (C=O) groups excluding carboxylic acids is 1. The lowest BCUT2D eigenvalue weighted by Gasteiger charge is -2.42. The second kappa shape index (κ2) is 9.76. The van der Waals surface area contributed by atoms with Gasteiger partial charge < -0.3 is 25.0 Å². The molecule has 0 saturated carbocycles. The molecule has 0 bridgehead atoms. The van der Waals surface area contributed by atoms with E-state index in [1.165, 1.54) is 11.3 Å². The summed E-state index contributed by atoms with van der Waals surface area (Å²) in [5.41, 5.74) is 3.07. The number of hydrogen-bond acceptors (Lipinski definition) is 5. The van der Waals surface area contributed by atoms with Gasteiger partial charge in [-0.05, 0) is 68.5 Å². The van der Waals surface area contributed by atoms with Crippen LogP contribution in [0.1, 0.15) is 43.2 Å². The molecule has 1 amide bonds. The first-order valence-corrected chi connectivity index (χ1v) is 12.8. The Balaban J connectivity index is 1.06. The van der Waals surface area contributed by atoms with E-state index in [4.69, 9.17) is 16.3 Å². The molecule has 2 aromatic carbocycles. The number of piperidine rings is 2. The maximum Gasteiger partial charge on any atom is 0.410 e. The van der Waals surface area contributed by atoms with E-state index in [1.54, 1.807) is 4.90 Å². The molecule has 0 aromatic heterocycles. The summed E-state index contributed by atoms with van der Waals surface area (Å²) < 4.78 is 5.45. The van der Waals surface area contributed by atoms with E-state index >= 15 is 0 Å². The fraction of sp³-hybridized carbons (Fsp3) is 0.519. The number of nitrogens with one attached hydrogen (secondary N) is 1. The fourth-order valence-corrected chi connectivity index (χ4v) is 5.84. The number of rotatable bonds is 5. The van der Waals surface area contributed by atoms with Crippen LogP contribution in [0, 0.1) is 0 Å². The summed E-state index contributed by atoms with van der Waals surface area (Å²) in [4.78, 5) is 16.6. The van der Waals surface area contributed by atoms with Crippen LogP contribution in [0.5, 0.6) is 0 Å². The van der Waals surface area contributed by atoms with Gasteiger partial charge in [-0.1, -0.05) is 48.0 Å². The highest BCUT2D eigenvalue weighted by atomic mass is 35.5. The zero-order valence-corrected chi connectivity index (χ0v) is 20.4. The Morgan fingerprint density at radius 3 is 2.50 bits per heavy atom. The molecule has 0 atom stereocenters. The molecule has 5 rings (SSSR count). The number of amides is 1. The maximum absolute atomic E-state index is 12.4. The first-order chi connectivity index (χ1) is 16.4. The van der Waals surface area contributed by atoms with Gasteiger partial charge in [0.2, 0.25) is 0 Å². The average molecular weight is 484 g/mol. The van der Waals surface area contributed by atoms with E-state index in [-0.39, 0.29) is 18.1 Å². The number of ether oxygens (including phenoxy) is 1. The third-order valence-corrected chi connectivity index (χ3v) is 8.27. The first kappa shape index (κ1) is 23.5. The van der Waals surface area contributed by atoms with Crippen molar-refractivity contribution < 1.29 is 14.6 Å². The van der Waals surface area contributed by atoms with E-state index < -0.39 is 5.60 Å². The number of hydrogen-bond donors (Lipinski definition) is 2. The van der Waals surface area contributed by atoms with Gasteiger partial charge in [0, 0.05) is 42.3 Å². The highest BCUT2D eigenvalue weighted by molar-refractivity contribution is 6.30. The summed E-state index contributed by atoms with van der Waals surface area (Å²) in [7, 11) is 0. The maximum atomic E-state index is 12.4. The summed E-state index contributed by atoms with van der Waals surface area (Å²) in [5, 5.41) is 15.5. The third kappa shape index (κ3) is 5.04. The van der Waals surface area contributed by atoms with Gasteiger partial charge in [-0.25, -0.2) is 4.79 Å². The van der Waals surface area contributed by atoms with E-state index in [0.717, 1.165) is 56.0 Å². The molecule has 182 valence electrons. The van der Waals surface area contributed by atoms with Gasteiger partial charge in [-0.15, -0.1) is 0 Å². The smallest absolute Gasteiger partial charge is 0.410 e. The predicted octanol–water partition coefficient (Wildman–Crippen LogP) is 4.65. The summed E-state index contributed by atoms with van der Waals surface area (Å²) in [6, 6.07) is 15.9. The first-order valence-electron chi connectivity index (χ1n) is 12.4. The fourth-order valence-electron chi connectivity index (χ4n) is 5.67. The van der Waals surface area contributed by atoms with Gasteiger partial charge in [0.15, 0.2) is 0 Å². The molecule has 3 aliphatic heterocycles. The van der Waals surface area contributed by atoms with Crippen LogP contribution in [0.3, 0.4) is 0 Å². The van der Waals surface area contributed by atoms with Gasteiger partial charge in [0.25, 0.3) is 0 Å². The molecule has 1 spiro atoms. The number of halogens is 1. The lowest BCUT2D eigenvalue weighted by molar-refractivity contribution is -0.0343. The van der Waals surface area contributed by atoms with Gasteiger partial charge in [0.05, 0.1) is 5.60 Å². The predicted molar refractivity (Wildman–Crippen MR) is 134 cm³/mol. The lowest BCUT2D eigenvalue weighted by atomic mass is 9.74. The van der Waals surface area contributed by atoms with Crippen LogP contribution in [0.2, 0.25) is 5.02 Å². The van der Waals surface area contributed by atoms with Crippen LogP contribution in [-0.2, 0) is 16.8 Å². The zero-order chi connectivity index (χ0) is 23.6. The number of nitrogens with zero attached hydrogens (tertiary/aromatic N) is 2. The van der Waals surface area contributed by atoms with Crippen molar-refractivity contribution in [3.8, 4) is 0 Å². The molecule has 34 heavy (non-hydrogen) atoms. The highest BCUT2D eigenvalue weighted by Crippen LogP contribution is 2.44. The topological polar surface area (TPSA) is 65.0 Å². The van der Waals surface area contributed by atoms with Crippen molar-refractivity contribution in [3.63, 3.8) is 0 Å². The second-order valence-corrected chi connectivity index (χ2v) is 10.6. The van der Waals surface area contributed by atoms with Gasteiger partial charge in [-0.3, -0.25) is 0 Å². The molecule has 0 aliphatic carbocycles. The molecule has 6 nitrogen and oxygen atoms in total. The van der Waals surface area contributed by atoms with Crippen molar-refractivity contribution in [2.24, 2.45) is 0 Å². The van der Waals surface area contributed by atoms with Gasteiger partial charge in [-0.2, -0.15) is 0 Å². The number of carbonyl (C=O) groups is 1. The molecule has 2 aromatic rings. The van der Waals surface area contributed by atoms with Crippen LogP contribution in [0.4, 0.5) is 10.5 Å². The Morgan fingerprint density at radius 1 is 1.03 bits per heavy atom. The number of aliphatic hydroxyl groups is 1. The van der Waals surface area contributed by atoms with E-state index in [2.05, 4.69) is 16.3 Å². The van der Waals surface area contributed by atoms with Crippen molar-refractivity contribution in [2.75, 3.05) is 44.6 Å². The minimum Gasteiger partial charge on any atom is -0.445 e. The summed E-state index contributed by atoms with van der Waals surface area (Å²) in [5.74, 6) is 0. The van der Waals surface area contributed by atoms with E-state index in [1.807, 2.05) is 42.5 Å². The van der Waals surface area contributed by atoms with Crippen molar-refractivity contribution in [1.29, 1.82) is 0 Å². The normalized spacial score (nSPS) is 21.2. The molecule has 3 aliphatic rings. The molecule has 7 heteroatoms. The van der Waals surface area contributed by atoms with Crippen LogP contribution < -0.4 is 5.32 Å². The van der Waals surface area contributed by atoms with E-state index in [9.17, 15) is 9.90 Å². The Morgan fingerprint density at radius 2 is 1.76 bits per heavy atom. The molecular formula is C27H34ClN3O3. The summed E-state index contributed by atoms with van der Waals surface area (Å²) >= 11 is 6.17. The van der Waals surface area contributed by atoms with Gasteiger partial charge in [0.1, 0.15) is 6.61 Å². The monoisotopic (exact) mass is 483 g/mol. The van der Waals surface area contributed by atoms with Crippen LogP contribution in [0.15, 0.2) is 48.5 Å². The van der Waals surface area contributed by atoms with Crippen molar-refractivity contribution >= 4 is 23.4 Å². The number of benzene rings is 2.